The van der Waals surface area contributed by atoms with Gasteiger partial charge in [-0.05, 0) is 50.2 Å². The molecule has 1 aliphatic rings. The Hall–Kier alpha value is -1.31. The number of hydrogen-bond donors (Lipinski definition) is 2. The van der Waals surface area contributed by atoms with Gasteiger partial charge in [-0.25, -0.2) is 13.1 Å². The summed E-state index contributed by atoms with van der Waals surface area (Å²) in [6, 6.07) is 6.89. The second kappa shape index (κ2) is 7.11. The molecule has 0 saturated carbocycles. The highest BCUT2D eigenvalue weighted by Crippen LogP contribution is 2.14. The molecule has 1 aliphatic heterocycles. The number of anilines is 1. The Morgan fingerprint density at radius 3 is 2.71 bits per heavy atom. The lowest BCUT2D eigenvalue weighted by Crippen LogP contribution is -2.33. The zero-order valence-corrected chi connectivity index (χ0v) is 13.1. The van der Waals surface area contributed by atoms with E-state index in [9.17, 15) is 8.42 Å². The number of sulfonamides is 1. The molecule has 21 heavy (non-hydrogen) atoms. The van der Waals surface area contributed by atoms with Crippen molar-refractivity contribution in [2.24, 2.45) is 5.92 Å². The number of nitrogens with zero attached hydrogens (tertiary/aromatic N) is 1. The second-order valence-electron chi connectivity index (χ2n) is 5.50. The van der Waals surface area contributed by atoms with Gasteiger partial charge >= 0.3 is 0 Å². The van der Waals surface area contributed by atoms with Crippen LogP contribution in [0.5, 0.6) is 5.75 Å². The van der Waals surface area contributed by atoms with Gasteiger partial charge in [0.1, 0.15) is 12.4 Å². The zero-order chi connectivity index (χ0) is 15.3. The molecular weight excluding hydrogens is 290 g/mol. The van der Waals surface area contributed by atoms with Gasteiger partial charge in [-0.3, -0.25) is 0 Å². The lowest BCUT2D eigenvalue weighted by Gasteiger charge is -2.12. The molecular formula is C14H23N3O3S. The second-order valence-corrected chi connectivity index (χ2v) is 7.43. The number of ether oxygens (including phenoxy) is 1. The molecule has 6 nitrogen and oxygen atoms in total. The first-order valence-electron chi connectivity index (χ1n) is 7.09. The van der Waals surface area contributed by atoms with Crippen molar-refractivity contribution in [1.82, 2.24) is 9.62 Å². The molecule has 7 heteroatoms. The number of rotatable bonds is 7. The third kappa shape index (κ3) is 5.53. The fourth-order valence-electron chi connectivity index (χ4n) is 2.34. The van der Waals surface area contributed by atoms with Crippen LogP contribution in [0.1, 0.15) is 6.42 Å². The maximum atomic E-state index is 11.9. The summed E-state index contributed by atoms with van der Waals surface area (Å²) in [6.07, 6.45) is 1.04. The predicted molar refractivity (Wildman–Crippen MR) is 83.7 cm³/mol. The summed E-state index contributed by atoms with van der Waals surface area (Å²) in [5.41, 5.74) is 6.22. The van der Waals surface area contributed by atoms with Gasteiger partial charge in [0, 0.05) is 18.8 Å². The smallest absolute Gasteiger partial charge is 0.214 e. The van der Waals surface area contributed by atoms with E-state index in [4.69, 9.17) is 10.5 Å². The molecule has 1 aromatic carbocycles. The molecule has 0 amide bonds. The summed E-state index contributed by atoms with van der Waals surface area (Å²) < 4.78 is 31.8. The molecule has 3 N–H and O–H groups in total. The van der Waals surface area contributed by atoms with Crippen LogP contribution in [0.25, 0.3) is 0 Å². The van der Waals surface area contributed by atoms with Gasteiger partial charge in [0.15, 0.2) is 0 Å². The van der Waals surface area contributed by atoms with Crippen LogP contribution in [-0.4, -0.2) is 52.4 Å². The first-order valence-corrected chi connectivity index (χ1v) is 8.74. The van der Waals surface area contributed by atoms with E-state index in [1.165, 1.54) is 0 Å². The third-order valence-corrected chi connectivity index (χ3v) is 4.89. The Labute approximate surface area is 126 Å². The standard InChI is InChI=1S/C14H23N3O3S/c1-17-7-6-12(11-17)10-16-21(18,19)9-8-20-14-4-2-13(15)3-5-14/h2-5,12,16H,6-11,15H2,1H3. The van der Waals surface area contributed by atoms with Crippen LogP contribution in [0.4, 0.5) is 5.69 Å². The molecule has 1 saturated heterocycles. The van der Waals surface area contributed by atoms with Gasteiger partial charge in [0.05, 0.1) is 5.75 Å². The van der Waals surface area contributed by atoms with Gasteiger partial charge < -0.3 is 15.4 Å². The van der Waals surface area contributed by atoms with E-state index >= 15 is 0 Å². The molecule has 1 fully saturated rings. The fraction of sp³-hybridized carbons (Fsp3) is 0.571. The van der Waals surface area contributed by atoms with E-state index in [1.807, 2.05) is 0 Å². The number of nitrogens with one attached hydrogen (secondary N) is 1. The number of likely N-dealkylation sites (tertiary alicyclic amines) is 1. The summed E-state index contributed by atoms with van der Waals surface area (Å²) >= 11 is 0. The Bertz CT molecular complexity index is 545. The molecule has 0 radical (unpaired) electrons. The fourth-order valence-corrected chi connectivity index (χ4v) is 3.28. The topological polar surface area (TPSA) is 84.7 Å². The summed E-state index contributed by atoms with van der Waals surface area (Å²) in [7, 11) is -1.23. The Morgan fingerprint density at radius 2 is 2.10 bits per heavy atom. The largest absolute Gasteiger partial charge is 0.492 e. The van der Waals surface area contributed by atoms with E-state index in [-0.39, 0.29) is 12.4 Å². The van der Waals surface area contributed by atoms with Crippen molar-refractivity contribution in [3.63, 3.8) is 0 Å². The first-order chi connectivity index (χ1) is 9.94. The minimum Gasteiger partial charge on any atom is -0.492 e. The summed E-state index contributed by atoms with van der Waals surface area (Å²) in [5.74, 6) is 0.986. The minimum absolute atomic E-state index is 0.0417. The molecule has 1 heterocycles. The van der Waals surface area contributed by atoms with E-state index < -0.39 is 10.0 Å². The SMILES string of the molecule is CN1CCC(CNS(=O)(=O)CCOc2ccc(N)cc2)C1. The lowest BCUT2D eigenvalue weighted by molar-refractivity contribution is 0.340. The lowest BCUT2D eigenvalue weighted by atomic mass is 10.1. The van der Waals surface area contributed by atoms with Crippen LogP contribution in [0, 0.1) is 5.92 Å². The van der Waals surface area contributed by atoms with Gasteiger partial charge in [-0.15, -0.1) is 0 Å². The third-order valence-electron chi connectivity index (χ3n) is 3.58. The molecule has 0 aliphatic carbocycles. The molecule has 1 aromatic rings. The summed E-state index contributed by atoms with van der Waals surface area (Å²) in [6.45, 7) is 2.62. The molecule has 1 unspecified atom stereocenters. The highest BCUT2D eigenvalue weighted by molar-refractivity contribution is 7.89. The van der Waals surface area contributed by atoms with Crippen molar-refractivity contribution in [2.75, 3.05) is 44.8 Å². The minimum atomic E-state index is -3.28. The van der Waals surface area contributed by atoms with Gasteiger partial charge in [-0.1, -0.05) is 0 Å². The number of nitrogen functional groups attached to an aromatic ring is 1. The molecule has 1 atom stereocenters. The van der Waals surface area contributed by atoms with Gasteiger partial charge in [-0.2, -0.15) is 0 Å². The maximum Gasteiger partial charge on any atom is 0.214 e. The molecule has 0 spiro atoms. The van der Waals surface area contributed by atoms with Crippen LogP contribution < -0.4 is 15.2 Å². The van der Waals surface area contributed by atoms with Crippen LogP contribution in [0.15, 0.2) is 24.3 Å². The normalized spacial score (nSPS) is 19.8. The van der Waals surface area contributed by atoms with Gasteiger partial charge in [0.2, 0.25) is 10.0 Å². The van der Waals surface area contributed by atoms with E-state index in [0.29, 0.717) is 23.9 Å². The van der Waals surface area contributed by atoms with Crippen molar-refractivity contribution in [2.45, 2.75) is 6.42 Å². The molecule has 118 valence electrons. The van der Waals surface area contributed by atoms with Crippen LogP contribution in [0.2, 0.25) is 0 Å². The summed E-state index contributed by atoms with van der Waals surface area (Å²) in [5, 5.41) is 0. The van der Waals surface area contributed by atoms with Crippen molar-refractivity contribution >= 4 is 15.7 Å². The van der Waals surface area contributed by atoms with E-state index in [1.54, 1.807) is 24.3 Å². The van der Waals surface area contributed by atoms with Crippen LogP contribution in [-0.2, 0) is 10.0 Å². The van der Waals surface area contributed by atoms with E-state index in [0.717, 1.165) is 19.5 Å². The predicted octanol–water partition coefficient (Wildman–Crippen LogP) is 0.519. The average Bonchev–Trinajstić information content (AvgIpc) is 2.85. The van der Waals surface area contributed by atoms with Crippen LogP contribution >= 0.6 is 0 Å². The Balaban J connectivity index is 1.70. The molecule has 0 aromatic heterocycles. The highest BCUT2D eigenvalue weighted by atomic mass is 32.2. The van der Waals surface area contributed by atoms with E-state index in [2.05, 4.69) is 16.7 Å². The van der Waals surface area contributed by atoms with Crippen molar-refractivity contribution in [1.29, 1.82) is 0 Å². The van der Waals surface area contributed by atoms with Crippen molar-refractivity contribution in [3.8, 4) is 5.75 Å². The average molecular weight is 313 g/mol. The van der Waals surface area contributed by atoms with Gasteiger partial charge in [0.25, 0.3) is 0 Å². The maximum absolute atomic E-state index is 11.9. The summed E-state index contributed by atoms with van der Waals surface area (Å²) in [4.78, 5) is 2.21. The highest BCUT2D eigenvalue weighted by Gasteiger charge is 2.21. The molecule has 2 rings (SSSR count). The van der Waals surface area contributed by atoms with Crippen molar-refractivity contribution in [3.05, 3.63) is 24.3 Å². The number of hydrogen-bond acceptors (Lipinski definition) is 5. The van der Waals surface area contributed by atoms with Crippen molar-refractivity contribution < 1.29 is 13.2 Å². The first kappa shape index (κ1) is 16.1. The monoisotopic (exact) mass is 313 g/mol. The number of benzene rings is 1. The Kier molecular flexibility index (Phi) is 5.44. The molecule has 0 bridgehead atoms. The number of nitrogens with two attached hydrogens (primary N) is 1. The Morgan fingerprint density at radius 1 is 1.38 bits per heavy atom. The quantitative estimate of drug-likeness (QED) is 0.717. The zero-order valence-electron chi connectivity index (χ0n) is 12.3. The van der Waals surface area contributed by atoms with Crippen LogP contribution in [0.3, 0.4) is 0 Å².